The molecular formula is C23H34IN3O3. The monoisotopic (exact) mass is 527 g/mol. The molecule has 1 heterocycles. The molecule has 1 N–H and O–H groups in total. The Kier molecular flexibility index (Phi) is 11.2. The highest BCUT2D eigenvalue weighted by atomic mass is 127. The first-order chi connectivity index (χ1) is 14.3. The fourth-order valence-corrected chi connectivity index (χ4v) is 3.67. The predicted octanol–water partition coefficient (Wildman–Crippen LogP) is 3.93. The van der Waals surface area contributed by atoms with Crippen molar-refractivity contribution in [3.05, 3.63) is 42.5 Å². The van der Waals surface area contributed by atoms with Crippen LogP contribution in [0.3, 0.4) is 0 Å². The van der Waals surface area contributed by atoms with Gasteiger partial charge in [-0.15, -0.1) is 24.0 Å². The van der Waals surface area contributed by atoms with Crippen molar-refractivity contribution in [2.24, 2.45) is 4.99 Å². The van der Waals surface area contributed by atoms with E-state index in [4.69, 9.17) is 14.2 Å². The Labute approximate surface area is 197 Å². The molecule has 1 saturated heterocycles. The highest BCUT2D eigenvalue weighted by Gasteiger charge is 2.21. The molecule has 0 aliphatic carbocycles. The van der Waals surface area contributed by atoms with Crippen LogP contribution in [0.15, 0.2) is 47.5 Å². The Morgan fingerprint density at radius 2 is 1.83 bits per heavy atom. The largest absolute Gasteiger partial charge is 0.491 e. The number of nitrogens with one attached hydrogen (secondary N) is 1. The topological polar surface area (TPSA) is 55.3 Å². The minimum Gasteiger partial charge on any atom is -0.491 e. The zero-order valence-electron chi connectivity index (χ0n) is 18.0. The molecule has 0 unspecified atom stereocenters. The Bertz CT molecular complexity index is 774. The first-order valence-corrected chi connectivity index (χ1v) is 10.5. The molecule has 1 aliphatic rings. The van der Waals surface area contributed by atoms with Gasteiger partial charge in [0.15, 0.2) is 5.96 Å². The third kappa shape index (κ3) is 7.28. The lowest BCUT2D eigenvalue weighted by molar-refractivity contribution is 0.00989. The van der Waals surface area contributed by atoms with Crippen molar-refractivity contribution < 1.29 is 14.2 Å². The van der Waals surface area contributed by atoms with Gasteiger partial charge >= 0.3 is 0 Å². The lowest BCUT2D eigenvalue weighted by Gasteiger charge is -2.34. The average molecular weight is 527 g/mol. The number of piperidine rings is 1. The van der Waals surface area contributed by atoms with Crippen LogP contribution < -0.4 is 10.1 Å². The molecule has 0 saturated carbocycles. The fourth-order valence-electron chi connectivity index (χ4n) is 3.67. The standard InChI is InChI=1S/C23H33N3O3.HI/c1-24-23(26-14-11-20(12-15-26)28-17-6-16-27-2)25-13-18-29-22-10-5-8-19-7-3-4-9-21(19)22;/h3-5,7-10,20H,6,11-18H2,1-2H3,(H,24,25);1H. The molecule has 166 valence electrons. The van der Waals surface area contributed by atoms with Gasteiger partial charge in [-0.1, -0.05) is 36.4 Å². The Balaban J connectivity index is 0.00000320. The van der Waals surface area contributed by atoms with Gasteiger partial charge in [-0.05, 0) is 30.7 Å². The highest BCUT2D eigenvalue weighted by Crippen LogP contribution is 2.24. The van der Waals surface area contributed by atoms with Gasteiger partial charge in [0.05, 0.1) is 12.6 Å². The molecule has 0 bridgehead atoms. The lowest BCUT2D eigenvalue weighted by atomic mass is 10.1. The summed E-state index contributed by atoms with van der Waals surface area (Å²) in [6, 6.07) is 14.4. The molecule has 7 heteroatoms. The normalized spacial score (nSPS) is 15.1. The molecule has 2 aromatic carbocycles. The van der Waals surface area contributed by atoms with Gasteiger partial charge < -0.3 is 24.4 Å². The molecule has 0 atom stereocenters. The van der Waals surface area contributed by atoms with Crippen molar-refractivity contribution in [2.45, 2.75) is 25.4 Å². The van der Waals surface area contributed by atoms with Crippen molar-refractivity contribution in [3.8, 4) is 5.75 Å². The van der Waals surface area contributed by atoms with Crippen LogP contribution in [0.1, 0.15) is 19.3 Å². The summed E-state index contributed by atoms with van der Waals surface area (Å²) in [5.74, 6) is 1.86. The predicted molar refractivity (Wildman–Crippen MR) is 133 cm³/mol. The minimum atomic E-state index is 0. The highest BCUT2D eigenvalue weighted by molar-refractivity contribution is 14.0. The molecule has 30 heavy (non-hydrogen) atoms. The number of fused-ring (bicyclic) bond motifs is 1. The number of halogens is 1. The van der Waals surface area contributed by atoms with Crippen LogP contribution in [-0.4, -0.2) is 70.6 Å². The number of benzene rings is 2. The molecule has 2 aromatic rings. The summed E-state index contributed by atoms with van der Waals surface area (Å²) >= 11 is 0. The number of guanidine groups is 1. The molecule has 1 fully saturated rings. The van der Waals surface area contributed by atoms with E-state index in [-0.39, 0.29) is 24.0 Å². The molecule has 0 spiro atoms. The van der Waals surface area contributed by atoms with E-state index < -0.39 is 0 Å². The summed E-state index contributed by atoms with van der Waals surface area (Å²) in [6.45, 7) is 4.75. The minimum absolute atomic E-state index is 0. The molecule has 0 amide bonds. The third-order valence-corrected chi connectivity index (χ3v) is 5.19. The number of nitrogens with zero attached hydrogens (tertiary/aromatic N) is 2. The molecule has 6 nitrogen and oxygen atoms in total. The van der Waals surface area contributed by atoms with E-state index in [0.29, 0.717) is 19.3 Å². The quantitative estimate of drug-likeness (QED) is 0.232. The smallest absolute Gasteiger partial charge is 0.193 e. The van der Waals surface area contributed by atoms with Gasteiger partial charge in [0.2, 0.25) is 0 Å². The maximum absolute atomic E-state index is 6.02. The van der Waals surface area contributed by atoms with Crippen molar-refractivity contribution in [2.75, 3.05) is 53.6 Å². The second-order valence-electron chi connectivity index (χ2n) is 7.20. The van der Waals surface area contributed by atoms with Crippen LogP contribution in [0, 0.1) is 0 Å². The molecule has 3 rings (SSSR count). The first kappa shape index (κ1) is 24.7. The summed E-state index contributed by atoms with van der Waals surface area (Å²) < 4.78 is 17.0. The van der Waals surface area contributed by atoms with E-state index in [1.807, 2.05) is 31.3 Å². The second-order valence-corrected chi connectivity index (χ2v) is 7.20. The van der Waals surface area contributed by atoms with Gasteiger partial charge in [-0.25, -0.2) is 0 Å². The van der Waals surface area contributed by atoms with E-state index in [0.717, 1.165) is 62.7 Å². The summed E-state index contributed by atoms with van der Waals surface area (Å²) in [7, 11) is 3.56. The van der Waals surface area contributed by atoms with Crippen LogP contribution in [-0.2, 0) is 9.47 Å². The van der Waals surface area contributed by atoms with Crippen LogP contribution in [0.2, 0.25) is 0 Å². The van der Waals surface area contributed by atoms with E-state index in [9.17, 15) is 0 Å². The van der Waals surface area contributed by atoms with Crippen molar-refractivity contribution >= 4 is 40.7 Å². The molecular weight excluding hydrogens is 493 g/mol. The number of hydrogen-bond donors (Lipinski definition) is 1. The number of hydrogen-bond acceptors (Lipinski definition) is 4. The Morgan fingerprint density at radius 1 is 1.07 bits per heavy atom. The van der Waals surface area contributed by atoms with Crippen molar-refractivity contribution in [3.63, 3.8) is 0 Å². The molecule has 0 radical (unpaired) electrons. The van der Waals surface area contributed by atoms with Crippen LogP contribution in [0.25, 0.3) is 10.8 Å². The van der Waals surface area contributed by atoms with Gasteiger partial charge in [0.1, 0.15) is 12.4 Å². The molecule has 1 aliphatic heterocycles. The van der Waals surface area contributed by atoms with Crippen molar-refractivity contribution in [1.29, 1.82) is 0 Å². The zero-order valence-corrected chi connectivity index (χ0v) is 20.3. The number of likely N-dealkylation sites (tertiary alicyclic amines) is 1. The van der Waals surface area contributed by atoms with E-state index in [2.05, 4.69) is 33.4 Å². The number of aliphatic imine (C=N–C) groups is 1. The van der Waals surface area contributed by atoms with Crippen LogP contribution in [0.4, 0.5) is 0 Å². The molecule has 0 aromatic heterocycles. The van der Waals surface area contributed by atoms with E-state index in [1.54, 1.807) is 7.11 Å². The fraction of sp³-hybridized carbons (Fsp3) is 0.522. The summed E-state index contributed by atoms with van der Waals surface area (Å²) in [4.78, 5) is 6.73. The summed E-state index contributed by atoms with van der Waals surface area (Å²) in [6.07, 6.45) is 3.35. The van der Waals surface area contributed by atoms with Crippen LogP contribution in [0.5, 0.6) is 5.75 Å². The van der Waals surface area contributed by atoms with Crippen molar-refractivity contribution in [1.82, 2.24) is 10.2 Å². The maximum atomic E-state index is 6.02. The lowest BCUT2D eigenvalue weighted by Crippen LogP contribution is -2.47. The van der Waals surface area contributed by atoms with Gasteiger partial charge in [0.25, 0.3) is 0 Å². The van der Waals surface area contributed by atoms with Crippen LogP contribution >= 0.6 is 24.0 Å². The Hall–Kier alpha value is -1.58. The number of methoxy groups -OCH3 is 1. The number of ether oxygens (including phenoxy) is 3. The SMILES string of the molecule is CN=C(NCCOc1cccc2ccccc12)N1CCC(OCCCOC)CC1.I. The van der Waals surface area contributed by atoms with E-state index >= 15 is 0 Å². The zero-order chi connectivity index (χ0) is 20.3. The van der Waals surface area contributed by atoms with Gasteiger partial charge in [0, 0.05) is 45.8 Å². The average Bonchev–Trinajstić information content (AvgIpc) is 2.77. The Morgan fingerprint density at radius 3 is 2.60 bits per heavy atom. The van der Waals surface area contributed by atoms with E-state index in [1.165, 1.54) is 5.39 Å². The third-order valence-electron chi connectivity index (χ3n) is 5.19. The number of rotatable bonds is 9. The van der Waals surface area contributed by atoms with Gasteiger partial charge in [-0.2, -0.15) is 0 Å². The first-order valence-electron chi connectivity index (χ1n) is 10.5. The second kappa shape index (κ2) is 13.7. The summed E-state index contributed by atoms with van der Waals surface area (Å²) in [5, 5.41) is 5.77. The summed E-state index contributed by atoms with van der Waals surface area (Å²) in [5.41, 5.74) is 0. The van der Waals surface area contributed by atoms with Gasteiger partial charge in [-0.3, -0.25) is 4.99 Å². The maximum Gasteiger partial charge on any atom is 0.193 e.